The van der Waals surface area contributed by atoms with Gasteiger partial charge >= 0.3 is 0 Å². The van der Waals surface area contributed by atoms with Crippen LogP contribution in [-0.4, -0.2) is 67.7 Å². The van der Waals surface area contributed by atoms with Gasteiger partial charge in [-0.05, 0) is 43.7 Å². The zero-order valence-corrected chi connectivity index (χ0v) is 18.2. The van der Waals surface area contributed by atoms with Crippen molar-refractivity contribution in [3.8, 4) is 11.5 Å². The minimum atomic E-state index is -3.64. The van der Waals surface area contributed by atoms with E-state index in [1.165, 1.54) is 0 Å². The van der Waals surface area contributed by atoms with Gasteiger partial charge in [0.25, 0.3) is 0 Å². The van der Waals surface area contributed by atoms with Gasteiger partial charge in [0, 0.05) is 38.9 Å². The van der Waals surface area contributed by atoms with E-state index < -0.39 is 10.0 Å². The van der Waals surface area contributed by atoms with Gasteiger partial charge in [-0.2, -0.15) is 4.31 Å². The Morgan fingerprint density at radius 2 is 1.90 bits per heavy atom. The standard InChI is InChI=1S/C21H26N4O4S/c1-14(2)25-17-12-24(10-15-6-7-18-19(9-15)29-13-28-18)11-16(17)23(3)21-20(30(25,26)27)5-4-8-22-21/h4-9,14,16-17H,10-13H2,1-3H3. The number of hydrogen-bond acceptors (Lipinski definition) is 7. The summed E-state index contributed by atoms with van der Waals surface area (Å²) < 4.78 is 39.7. The van der Waals surface area contributed by atoms with Crippen LogP contribution in [-0.2, 0) is 16.6 Å². The lowest BCUT2D eigenvalue weighted by molar-refractivity contribution is 0.174. The molecule has 1 saturated heterocycles. The second-order valence-electron chi connectivity index (χ2n) is 8.38. The average Bonchev–Trinajstić information content (AvgIpc) is 3.32. The molecule has 2 unspecified atom stereocenters. The summed E-state index contributed by atoms with van der Waals surface area (Å²) in [5.41, 5.74) is 1.12. The number of likely N-dealkylation sites (N-methyl/N-ethyl adjacent to an activating group) is 1. The zero-order valence-electron chi connectivity index (χ0n) is 17.4. The Labute approximate surface area is 177 Å². The molecule has 160 valence electrons. The van der Waals surface area contributed by atoms with Crippen molar-refractivity contribution in [1.29, 1.82) is 0 Å². The van der Waals surface area contributed by atoms with Crippen molar-refractivity contribution in [2.24, 2.45) is 0 Å². The molecule has 0 radical (unpaired) electrons. The third kappa shape index (κ3) is 3.03. The number of ether oxygens (including phenoxy) is 2. The van der Waals surface area contributed by atoms with Crippen LogP contribution in [0, 0.1) is 0 Å². The number of hydrogen-bond donors (Lipinski definition) is 0. The molecule has 0 aliphatic carbocycles. The largest absolute Gasteiger partial charge is 0.454 e. The van der Waals surface area contributed by atoms with Gasteiger partial charge in [0.15, 0.2) is 11.5 Å². The molecule has 2 aromatic rings. The van der Waals surface area contributed by atoms with E-state index in [1.807, 2.05) is 44.0 Å². The Kier molecular flexibility index (Phi) is 4.64. The molecule has 8 nitrogen and oxygen atoms in total. The highest BCUT2D eigenvalue weighted by atomic mass is 32.2. The minimum absolute atomic E-state index is 0.0207. The topological polar surface area (TPSA) is 75.2 Å². The highest BCUT2D eigenvalue weighted by molar-refractivity contribution is 7.89. The molecular weight excluding hydrogens is 404 g/mol. The van der Waals surface area contributed by atoms with Crippen LogP contribution in [0.4, 0.5) is 5.82 Å². The molecule has 5 rings (SSSR count). The number of anilines is 1. The van der Waals surface area contributed by atoms with Gasteiger partial charge < -0.3 is 14.4 Å². The van der Waals surface area contributed by atoms with E-state index in [0.717, 1.165) is 30.2 Å². The molecule has 30 heavy (non-hydrogen) atoms. The van der Waals surface area contributed by atoms with Crippen LogP contribution in [0.3, 0.4) is 0 Å². The lowest BCUT2D eigenvalue weighted by Gasteiger charge is -2.34. The second-order valence-corrected chi connectivity index (χ2v) is 10.2. The predicted molar refractivity (Wildman–Crippen MR) is 112 cm³/mol. The number of fused-ring (bicyclic) bond motifs is 3. The first-order valence-corrected chi connectivity index (χ1v) is 11.6. The van der Waals surface area contributed by atoms with Crippen LogP contribution in [0.1, 0.15) is 19.4 Å². The SMILES string of the molecule is CC(C)N1C2CN(Cc3ccc4c(c3)OCO4)CC2N(C)c2ncccc2S1(=O)=O. The fourth-order valence-corrected chi connectivity index (χ4v) is 6.89. The molecular formula is C21H26N4O4S. The van der Waals surface area contributed by atoms with Gasteiger partial charge in [-0.25, -0.2) is 13.4 Å². The molecule has 2 atom stereocenters. The van der Waals surface area contributed by atoms with Crippen LogP contribution in [0.2, 0.25) is 0 Å². The zero-order chi connectivity index (χ0) is 21.0. The van der Waals surface area contributed by atoms with Gasteiger partial charge in [-0.1, -0.05) is 6.07 Å². The number of nitrogens with zero attached hydrogens (tertiary/aromatic N) is 4. The first kappa shape index (κ1) is 19.6. The minimum Gasteiger partial charge on any atom is -0.454 e. The van der Waals surface area contributed by atoms with Crippen LogP contribution >= 0.6 is 0 Å². The van der Waals surface area contributed by atoms with Gasteiger partial charge in [0.05, 0.1) is 12.1 Å². The van der Waals surface area contributed by atoms with E-state index >= 15 is 0 Å². The van der Waals surface area contributed by atoms with Crippen molar-refractivity contribution >= 4 is 15.8 Å². The smallest absolute Gasteiger partial charge is 0.247 e. The van der Waals surface area contributed by atoms with Crippen molar-refractivity contribution in [3.05, 3.63) is 42.1 Å². The highest BCUT2D eigenvalue weighted by Crippen LogP contribution is 2.38. The van der Waals surface area contributed by atoms with E-state index in [0.29, 0.717) is 12.4 Å². The summed E-state index contributed by atoms with van der Waals surface area (Å²) in [7, 11) is -1.69. The maximum absolute atomic E-state index is 13.6. The number of pyridine rings is 1. The Bertz CT molecular complexity index is 1070. The van der Waals surface area contributed by atoms with Gasteiger partial charge in [0.2, 0.25) is 16.8 Å². The van der Waals surface area contributed by atoms with E-state index in [2.05, 4.69) is 9.88 Å². The van der Waals surface area contributed by atoms with Crippen molar-refractivity contribution in [1.82, 2.24) is 14.2 Å². The fourth-order valence-electron chi connectivity index (χ4n) is 4.86. The van der Waals surface area contributed by atoms with E-state index in [4.69, 9.17) is 9.47 Å². The summed E-state index contributed by atoms with van der Waals surface area (Å²) >= 11 is 0. The number of rotatable bonds is 3. The summed E-state index contributed by atoms with van der Waals surface area (Å²) in [5.74, 6) is 2.06. The van der Waals surface area contributed by atoms with E-state index in [1.54, 1.807) is 22.6 Å². The number of sulfonamides is 1. The number of aromatic nitrogens is 1. The summed E-state index contributed by atoms with van der Waals surface area (Å²) in [4.78, 5) is 9.07. The molecule has 1 aromatic carbocycles. The molecule has 3 aliphatic rings. The molecule has 1 aromatic heterocycles. The maximum Gasteiger partial charge on any atom is 0.247 e. The second kappa shape index (κ2) is 7.11. The van der Waals surface area contributed by atoms with Crippen molar-refractivity contribution < 1.29 is 17.9 Å². The molecule has 0 bridgehead atoms. The molecule has 4 heterocycles. The molecule has 0 N–H and O–H groups in total. The lowest BCUT2D eigenvalue weighted by atomic mass is 10.1. The van der Waals surface area contributed by atoms with Crippen LogP contribution in [0.15, 0.2) is 41.4 Å². The van der Waals surface area contributed by atoms with Crippen molar-refractivity contribution in [2.45, 2.75) is 43.4 Å². The van der Waals surface area contributed by atoms with Crippen LogP contribution < -0.4 is 14.4 Å². The summed E-state index contributed by atoms with van der Waals surface area (Å²) in [5, 5.41) is 0. The summed E-state index contributed by atoms with van der Waals surface area (Å²) in [6.45, 7) is 6.27. The maximum atomic E-state index is 13.6. The molecule has 3 aliphatic heterocycles. The lowest BCUT2D eigenvalue weighted by Crippen LogP contribution is -2.52. The Hall–Kier alpha value is -2.36. The number of likely N-dealkylation sites (tertiary alicyclic amines) is 1. The van der Waals surface area contributed by atoms with E-state index in [9.17, 15) is 8.42 Å². The monoisotopic (exact) mass is 430 g/mol. The molecule has 0 spiro atoms. The Morgan fingerprint density at radius 1 is 1.13 bits per heavy atom. The number of benzene rings is 1. The third-order valence-corrected chi connectivity index (χ3v) is 8.27. The van der Waals surface area contributed by atoms with Crippen LogP contribution in [0.5, 0.6) is 11.5 Å². The Morgan fingerprint density at radius 3 is 2.70 bits per heavy atom. The predicted octanol–water partition coefficient (Wildman–Crippen LogP) is 1.91. The third-order valence-electron chi connectivity index (χ3n) is 6.15. The first-order chi connectivity index (χ1) is 14.4. The van der Waals surface area contributed by atoms with Gasteiger partial charge in [-0.15, -0.1) is 0 Å². The van der Waals surface area contributed by atoms with Crippen molar-refractivity contribution in [3.63, 3.8) is 0 Å². The normalized spacial score (nSPS) is 25.3. The summed E-state index contributed by atoms with van der Waals surface area (Å²) in [6, 6.07) is 9.06. The fraction of sp³-hybridized carbons (Fsp3) is 0.476. The van der Waals surface area contributed by atoms with Gasteiger partial charge in [0.1, 0.15) is 10.7 Å². The average molecular weight is 431 g/mol. The first-order valence-electron chi connectivity index (χ1n) is 10.2. The summed E-state index contributed by atoms with van der Waals surface area (Å²) in [6.07, 6.45) is 1.66. The van der Waals surface area contributed by atoms with Gasteiger partial charge in [-0.3, -0.25) is 4.90 Å². The highest BCUT2D eigenvalue weighted by Gasteiger charge is 2.49. The van der Waals surface area contributed by atoms with E-state index in [-0.39, 0.29) is 29.8 Å². The quantitative estimate of drug-likeness (QED) is 0.736. The Balaban J connectivity index is 1.48. The van der Waals surface area contributed by atoms with Crippen LogP contribution in [0.25, 0.3) is 0 Å². The molecule has 0 saturated carbocycles. The molecule has 1 fully saturated rings. The molecule has 9 heteroatoms. The van der Waals surface area contributed by atoms with Crippen molar-refractivity contribution in [2.75, 3.05) is 31.8 Å². The molecule has 0 amide bonds.